The summed E-state index contributed by atoms with van der Waals surface area (Å²) < 4.78 is 13.7. The minimum absolute atomic E-state index is 0.166. The lowest BCUT2D eigenvalue weighted by Gasteiger charge is -2.65. The van der Waals surface area contributed by atoms with Gasteiger partial charge in [-0.25, -0.2) is 0 Å². The van der Waals surface area contributed by atoms with Crippen molar-refractivity contribution in [3.05, 3.63) is 0 Å². The summed E-state index contributed by atoms with van der Waals surface area (Å²) in [5.74, 6) is 2.51. The van der Waals surface area contributed by atoms with E-state index in [1.807, 2.05) is 0 Å². The largest absolute Gasteiger partial charge is 0.416 e. The number of hydrogen-bond donors (Lipinski definition) is 0. The molecule has 0 aromatic heterocycles. The molecule has 0 saturated heterocycles. The zero-order valence-corrected chi connectivity index (χ0v) is 29.5. The molecule has 0 radical (unpaired) electrons. The van der Waals surface area contributed by atoms with E-state index in [0.29, 0.717) is 29.1 Å². The second kappa shape index (κ2) is 9.26. The van der Waals surface area contributed by atoms with Crippen molar-refractivity contribution in [2.24, 2.45) is 39.4 Å². The summed E-state index contributed by atoms with van der Waals surface area (Å²) in [4.78, 5) is 13.7. The Bertz CT molecular complexity index is 930. The van der Waals surface area contributed by atoms with Crippen LogP contribution in [0.5, 0.6) is 0 Å². The maximum absolute atomic E-state index is 13.7. The van der Waals surface area contributed by atoms with E-state index in [9.17, 15) is 4.79 Å². The Morgan fingerprint density at radius 1 is 0.789 bits per heavy atom. The van der Waals surface area contributed by atoms with Crippen molar-refractivity contribution in [3.8, 4) is 0 Å². The van der Waals surface area contributed by atoms with Gasteiger partial charge in [0.15, 0.2) is 16.6 Å². The van der Waals surface area contributed by atoms with Gasteiger partial charge in [0.25, 0.3) is 0 Å². The van der Waals surface area contributed by atoms with Gasteiger partial charge in [-0.1, -0.05) is 62.3 Å². The molecule has 0 N–H and O–H groups in total. The zero-order valence-electron chi connectivity index (χ0n) is 27.5. The molecule has 0 unspecified atom stereocenters. The summed E-state index contributed by atoms with van der Waals surface area (Å²) >= 11 is 0. The van der Waals surface area contributed by atoms with E-state index >= 15 is 0 Å². The van der Waals surface area contributed by atoms with Gasteiger partial charge in [-0.2, -0.15) is 0 Å². The Labute approximate surface area is 238 Å². The van der Waals surface area contributed by atoms with Crippen molar-refractivity contribution in [1.82, 2.24) is 0 Å². The van der Waals surface area contributed by atoms with Crippen LogP contribution in [0, 0.1) is 39.4 Å². The fourth-order valence-corrected chi connectivity index (χ4v) is 11.2. The van der Waals surface area contributed by atoms with E-state index in [1.54, 1.807) is 0 Å². The molecular weight excluding hydrogens is 501 g/mol. The first-order chi connectivity index (χ1) is 17.0. The van der Waals surface area contributed by atoms with Crippen molar-refractivity contribution in [2.45, 2.75) is 150 Å². The van der Waals surface area contributed by atoms with Crippen molar-refractivity contribution in [1.29, 1.82) is 0 Å². The molecule has 1 spiro atoms. The molecule has 7 atom stereocenters. The fourth-order valence-electron chi connectivity index (χ4n) is 9.00. The van der Waals surface area contributed by atoms with Crippen LogP contribution in [0.2, 0.25) is 36.3 Å². The highest BCUT2D eigenvalue weighted by Gasteiger charge is 2.70. The molecule has 220 valence electrons. The molecule has 0 aromatic carbocycles. The third-order valence-corrected chi connectivity index (χ3v) is 23.1. The predicted octanol–water partition coefficient (Wildman–Crippen LogP) is 9.63. The number of rotatable bonds is 6. The monoisotopic (exact) mass is 562 g/mol. The Morgan fingerprint density at radius 2 is 1.34 bits per heavy atom. The van der Waals surface area contributed by atoms with Crippen molar-refractivity contribution < 1.29 is 13.6 Å². The minimum atomic E-state index is -1.92. The maximum atomic E-state index is 13.7. The first-order valence-corrected chi connectivity index (χ1v) is 21.7. The Morgan fingerprint density at radius 3 is 1.89 bits per heavy atom. The summed E-state index contributed by atoms with van der Waals surface area (Å²) in [6, 6.07) is 0. The van der Waals surface area contributed by atoms with Crippen molar-refractivity contribution in [2.75, 3.05) is 13.2 Å². The fraction of sp³-hybridized carbons (Fsp3) is 0.970. The average Bonchev–Trinajstić information content (AvgIpc) is 3.13. The van der Waals surface area contributed by atoms with Crippen LogP contribution >= 0.6 is 0 Å². The molecular formula is C33H62O3Si2. The first-order valence-electron chi connectivity index (χ1n) is 15.9. The summed E-state index contributed by atoms with van der Waals surface area (Å²) in [7, 11) is -3.68. The van der Waals surface area contributed by atoms with E-state index in [0.717, 1.165) is 31.3 Å². The minimum Gasteiger partial charge on any atom is -0.416 e. The molecule has 0 aromatic rings. The van der Waals surface area contributed by atoms with Crippen molar-refractivity contribution in [3.63, 3.8) is 0 Å². The first kappa shape index (κ1) is 31.0. The van der Waals surface area contributed by atoms with Gasteiger partial charge in [-0.05, 0) is 115 Å². The zero-order chi connectivity index (χ0) is 28.8. The number of ketones is 1. The molecule has 0 aliphatic heterocycles. The Hall–Kier alpha value is 0.0238. The van der Waals surface area contributed by atoms with Gasteiger partial charge < -0.3 is 8.85 Å². The highest BCUT2D eigenvalue weighted by Crippen LogP contribution is 2.76. The third-order valence-electron chi connectivity index (χ3n) is 14.2. The molecule has 4 aliphatic rings. The normalized spacial score (nSPS) is 42.1. The third kappa shape index (κ3) is 4.60. The lowest BCUT2D eigenvalue weighted by atomic mass is 9.39. The van der Waals surface area contributed by atoms with Gasteiger partial charge in [0.05, 0.1) is 5.41 Å². The SMILES string of the molecule is CC(C)(C)[Si](C)(C)OC[C@]1(C)CC[C@@]23C[C@@H]1C[C@H]2CC[C@@H]1[C@@](C)(CO[Si](C)(C)C(C)(C)C)C(=O)CC[C@]13C. The van der Waals surface area contributed by atoms with Crippen LogP contribution in [0.4, 0.5) is 0 Å². The second-order valence-electron chi connectivity index (χ2n) is 18.1. The number of hydrogen-bond acceptors (Lipinski definition) is 3. The summed E-state index contributed by atoms with van der Waals surface area (Å²) in [5.41, 5.74) is 0.595. The molecule has 5 heteroatoms. The van der Waals surface area contributed by atoms with Gasteiger partial charge in [0.1, 0.15) is 5.78 Å². The van der Waals surface area contributed by atoms with Crippen LogP contribution in [-0.2, 0) is 13.6 Å². The summed E-state index contributed by atoms with van der Waals surface area (Å²) in [5, 5.41) is 0.425. The lowest BCUT2D eigenvalue weighted by molar-refractivity contribution is -0.183. The lowest BCUT2D eigenvalue weighted by Crippen LogP contribution is -2.62. The Kier molecular flexibility index (Phi) is 7.55. The summed E-state index contributed by atoms with van der Waals surface area (Å²) in [6.45, 7) is 32.6. The van der Waals surface area contributed by atoms with Crippen LogP contribution in [-0.4, -0.2) is 35.6 Å². The number of Topliss-reactive ketones (excluding diaryl/α,β-unsaturated/α-hetero) is 1. The average molecular weight is 563 g/mol. The van der Waals surface area contributed by atoms with Crippen LogP contribution in [0.25, 0.3) is 0 Å². The van der Waals surface area contributed by atoms with Gasteiger partial charge in [-0.15, -0.1) is 0 Å². The summed E-state index contributed by atoms with van der Waals surface area (Å²) in [6.07, 6.45) is 9.69. The molecule has 4 aliphatic carbocycles. The topological polar surface area (TPSA) is 35.5 Å². The number of carbonyl (C=O) groups excluding carboxylic acids is 1. The second-order valence-corrected chi connectivity index (χ2v) is 27.7. The van der Waals surface area contributed by atoms with E-state index in [2.05, 4.69) is 88.5 Å². The smallest absolute Gasteiger partial charge is 0.192 e. The molecule has 3 nitrogen and oxygen atoms in total. The van der Waals surface area contributed by atoms with Crippen LogP contribution in [0.15, 0.2) is 0 Å². The molecule has 0 amide bonds. The molecule has 4 saturated carbocycles. The van der Waals surface area contributed by atoms with Crippen LogP contribution in [0.1, 0.15) is 114 Å². The van der Waals surface area contributed by atoms with E-state index in [4.69, 9.17) is 8.85 Å². The van der Waals surface area contributed by atoms with Gasteiger partial charge in [0.2, 0.25) is 0 Å². The van der Waals surface area contributed by atoms with Gasteiger partial charge >= 0.3 is 0 Å². The van der Waals surface area contributed by atoms with E-state index in [-0.39, 0.29) is 20.9 Å². The predicted molar refractivity (Wildman–Crippen MR) is 165 cm³/mol. The van der Waals surface area contributed by atoms with E-state index in [1.165, 1.54) is 38.5 Å². The highest BCUT2D eigenvalue weighted by molar-refractivity contribution is 6.74. The van der Waals surface area contributed by atoms with Crippen LogP contribution in [0.3, 0.4) is 0 Å². The highest BCUT2D eigenvalue weighted by atomic mass is 28.4. The molecule has 0 heterocycles. The molecule has 38 heavy (non-hydrogen) atoms. The standard InChI is InChI=1S/C33H62O3Si2/c1-28(2,3)37(10,11)35-22-30(7)18-19-33-21-25(30)20-24(33)14-15-26-31(8,27(34)16-17-32(26,33)9)23-36-38(12,13)29(4,5)6/h24-26H,14-23H2,1-13H3/t24-,25+,26-,30+,31-,32-,33-/m1/s1. The van der Waals surface area contributed by atoms with E-state index < -0.39 is 16.6 Å². The Balaban J connectivity index is 1.58. The van der Waals surface area contributed by atoms with Gasteiger partial charge in [0, 0.05) is 19.6 Å². The van der Waals surface area contributed by atoms with Gasteiger partial charge in [-0.3, -0.25) is 4.79 Å². The number of carbonyl (C=O) groups is 1. The number of fused-ring (bicyclic) bond motifs is 2. The molecule has 4 fully saturated rings. The quantitative estimate of drug-likeness (QED) is 0.302. The van der Waals surface area contributed by atoms with Crippen LogP contribution < -0.4 is 0 Å². The maximum Gasteiger partial charge on any atom is 0.192 e. The van der Waals surface area contributed by atoms with Crippen molar-refractivity contribution >= 4 is 22.4 Å². The molecule has 4 rings (SSSR count). The molecule has 2 bridgehead atoms.